The summed E-state index contributed by atoms with van der Waals surface area (Å²) in [6.45, 7) is 9.24. The number of aliphatic hydroxyl groups excluding tert-OH is 1. The fourth-order valence-corrected chi connectivity index (χ4v) is 2.60. The van der Waals surface area contributed by atoms with Crippen LogP contribution in [0.15, 0.2) is 24.3 Å². The van der Waals surface area contributed by atoms with Gasteiger partial charge in [0.15, 0.2) is 0 Å². The standard InChI is InChI=1S/C19H24ClNO4/c1-18(2,3)25-17(23)21-15(12-24-19(21,4)5)10-11-16(22)13-6-8-14(20)9-7-13/h6-9,15-16,22H,12H2,1-5H3/t15-,16?/m0/s1. The molecule has 6 heteroatoms. The van der Waals surface area contributed by atoms with E-state index < -0.39 is 29.6 Å². The van der Waals surface area contributed by atoms with E-state index in [-0.39, 0.29) is 6.61 Å². The van der Waals surface area contributed by atoms with Crippen LogP contribution in [0.25, 0.3) is 0 Å². The highest BCUT2D eigenvalue weighted by Gasteiger charge is 2.45. The van der Waals surface area contributed by atoms with E-state index in [0.29, 0.717) is 10.6 Å². The number of amides is 1. The second-order valence-electron chi connectivity index (χ2n) is 7.37. The third-order valence-corrected chi connectivity index (χ3v) is 3.90. The number of hydrogen-bond donors (Lipinski definition) is 1. The van der Waals surface area contributed by atoms with E-state index >= 15 is 0 Å². The molecule has 1 aliphatic rings. The second kappa shape index (κ2) is 7.25. The average molecular weight is 366 g/mol. The summed E-state index contributed by atoms with van der Waals surface area (Å²) in [6, 6.07) is 6.31. The van der Waals surface area contributed by atoms with Gasteiger partial charge in [0.05, 0.1) is 6.61 Å². The SMILES string of the molecule is CC(C)(C)OC(=O)N1[C@@H](C#CC(O)c2ccc(Cl)cc2)COC1(C)C. The van der Waals surface area contributed by atoms with Crippen molar-refractivity contribution in [1.82, 2.24) is 4.90 Å². The van der Waals surface area contributed by atoms with Gasteiger partial charge in [-0.05, 0) is 52.3 Å². The van der Waals surface area contributed by atoms with Gasteiger partial charge in [-0.1, -0.05) is 35.6 Å². The van der Waals surface area contributed by atoms with Gasteiger partial charge in [0, 0.05) is 5.02 Å². The Morgan fingerprint density at radius 2 is 2.00 bits per heavy atom. The third-order valence-electron chi connectivity index (χ3n) is 3.65. The summed E-state index contributed by atoms with van der Waals surface area (Å²) in [7, 11) is 0. The number of halogens is 1. The van der Waals surface area contributed by atoms with Crippen LogP contribution in [0.5, 0.6) is 0 Å². The molecule has 2 rings (SSSR count). The van der Waals surface area contributed by atoms with Crippen LogP contribution in [0.4, 0.5) is 4.79 Å². The summed E-state index contributed by atoms with van der Waals surface area (Å²) in [5, 5.41) is 10.8. The van der Waals surface area contributed by atoms with Gasteiger partial charge < -0.3 is 14.6 Å². The van der Waals surface area contributed by atoms with Crippen LogP contribution in [0, 0.1) is 11.8 Å². The van der Waals surface area contributed by atoms with Crippen molar-refractivity contribution < 1.29 is 19.4 Å². The van der Waals surface area contributed by atoms with Crippen LogP contribution in [0.2, 0.25) is 5.02 Å². The molecule has 1 aromatic rings. The quantitative estimate of drug-likeness (QED) is 0.770. The van der Waals surface area contributed by atoms with Crippen molar-refractivity contribution in [3.8, 4) is 11.8 Å². The summed E-state index contributed by atoms with van der Waals surface area (Å²) >= 11 is 5.84. The number of carbonyl (C=O) groups excluding carboxylic acids is 1. The zero-order valence-corrected chi connectivity index (χ0v) is 15.9. The highest BCUT2D eigenvalue weighted by molar-refractivity contribution is 6.30. The Labute approximate surface area is 153 Å². The predicted octanol–water partition coefficient (Wildman–Crippen LogP) is 3.75. The maximum absolute atomic E-state index is 12.5. The Hall–Kier alpha value is -1.74. The van der Waals surface area contributed by atoms with Gasteiger partial charge in [-0.2, -0.15) is 0 Å². The number of rotatable bonds is 1. The highest BCUT2D eigenvalue weighted by atomic mass is 35.5. The maximum Gasteiger partial charge on any atom is 0.413 e. The first-order valence-corrected chi connectivity index (χ1v) is 8.48. The number of benzene rings is 1. The molecule has 0 bridgehead atoms. The molecule has 1 heterocycles. The van der Waals surface area contributed by atoms with E-state index in [0.717, 1.165) is 0 Å². The summed E-state index contributed by atoms with van der Waals surface area (Å²) in [5.74, 6) is 5.71. The molecule has 25 heavy (non-hydrogen) atoms. The molecule has 0 aliphatic carbocycles. The van der Waals surface area contributed by atoms with Gasteiger partial charge in [-0.3, -0.25) is 4.90 Å². The molecule has 1 unspecified atom stereocenters. The van der Waals surface area contributed by atoms with Crippen LogP contribution >= 0.6 is 11.6 Å². The molecular formula is C19H24ClNO4. The van der Waals surface area contributed by atoms with Crippen LogP contribution in [-0.4, -0.2) is 40.1 Å². The predicted molar refractivity (Wildman–Crippen MR) is 96.1 cm³/mol. The zero-order chi connectivity index (χ0) is 18.8. The summed E-state index contributed by atoms with van der Waals surface area (Å²) < 4.78 is 11.1. The van der Waals surface area contributed by atoms with E-state index in [1.807, 2.05) is 0 Å². The molecule has 136 valence electrons. The largest absolute Gasteiger partial charge is 0.444 e. The molecule has 1 fully saturated rings. The molecule has 0 saturated carbocycles. The van der Waals surface area contributed by atoms with Crippen molar-refractivity contribution in [1.29, 1.82) is 0 Å². The van der Waals surface area contributed by atoms with E-state index in [4.69, 9.17) is 21.1 Å². The Kier molecular flexibility index (Phi) is 5.68. The van der Waals surface area contributed by atoms with Gasteiger partial charge in [-0.15, -0.1) is 0 Å². The third kappa shape index (κ3) is 5.12. The molecule has 2 atom stereocenters. The molecule has 0 spiro atoms. The minimum absolute atomic E-state index is 0.257. The molecule has 1 saturated heterocycles. The lowest BCUT2D eigenvalue weighted by atomic mass is 10.1. The average Bonchev–Trinajstić information content (AvgIpc) is 2.78. The molecule has 1 N–H and O–H groups in total. The number of carbonyl (C=O) groups is 1. The Morgan fingerprint density at radius 3 is 2.56 bits per heavy atom. The number of hydrogen-bond acceptors (Lipinski definition) is 4. The smallest absolute Gasteiger partial charge is 0.413 e. The Balaban J connectivity index is 2.17. The van der Waals surface area contributed by atoms with Crippen molar-refractivity contribution >= 4 is 17.7 Å². The van der Waals surface area contributed by atoms with E-state index in [9.17, 15) is 9.90 Å². The van der Waals surface area contributed by atoms with Crippen molar-refractivity contribution in [2.75, 3.05) is 6.61 Å². The molecule has 1 aromatic carbocycles. The highest BCUT2D eigenvalue weighted by Crippen LogP contribution is 2.29. The molecule has 1 aliphatic heterocycles. The first-order valence-electron chi connectivity index (χ1n) is 8.10. The first-order chi connectivity index (χ1) is 11.5. The van der Waals surface area contributed by atoms with E-state index in [1.165, 1.54) is 4.90 Å². The zero-order valence-electron chi connectivity index (χ0n) is 15.2. The minimum atomic E-state index is -0.971. The van der Waals surface area contributed by atoms with Gasteiger partial charge in [0.25, 0.3) is 0 Å². The lowest BCUT2D eigenvalue weighted by Gasteiger charge is -2.33. The van der Waals surface area contributed by atoms with Crippen molar-refractivity contribution in [3.63, 3.8) is 0 Å². The second-order valence-corrected chi connectivity index (χ2v) is 7.80. The molecule has 0 aromatic heterocycles. The van der Waals surface area contributed by atoms with Crippen molar-refractivity contribution in [2.24, 2.45) is 0 Å². The fourth-order valence-electron chi connectivity index (χ4n) is 2.47. The topological polar surface area (TPSA) is 59.0 Å². The maximum atomic E-state index is 12.5. The van der Waals surface area contributed by atoms with Crippen LogP contribution in [0.1, 0.15) is 46.3 Å². The normalized spacial score (nSPS) is 20.6. The van der Waals surface area contributed by atoms with Gasteiger partial charge in [-0.25, -0.2) is 4.79 Å². The number of ether oxygens (including phenoxy) is 2. The lowest BCUT2D eigenvalue weighted by Crippen LogP contribution is -2.49. The fraction of sp³-hybridized carbons (Fsp3) is 0.526. The van der Waals surface area contributed by atoms with E-state index in [2.05, 4.69) is 11.8 Å². The lowest BCUT2D eigenvalue weighted by molar-refractivity contribution is -0.0608. The molecular weight excluding hydrogens is 342 g/mol. The molecule has 5 nitrogen and oxygen atoms in total. The van der Waals surface area contributed by atoms with Crippen molar-refractivity contribution in [2.45, 2.75) is 58.1 Å². The van der Waals surface area contributed by atoms with Crippen LogP contribution < -0.4 is 0 Å². The number of aliphatic hydroxyl groups is 1. The van der Waals surface area contributed by atoms with Gasteiger partial charge in [0.2, 0.25) is 0 Å². The molecule has 1 amide bonds. The first kappa shape index (κ1) is 19.6. The summed E-state index contributed by atoms with van der Waals surface area (Å²) in [5.41, 5.74) is -0.803. The number of nitrogens with zero attached hydrogens (tertiary/aromatic N) is 1. The monoisotopic (exact) mass is 365 g/mol. The Bertz CT molecular complexity index is 682. The van der Waals surface area contributed by atoms with Crippen LogP contribution in [0.3, 0.4) is 0 Å². The molecule has 0 radical (unpaired) electrons. The van der Waals surface area contributed by atoms with Crippen molar-refractivity contribution in [3.05, 3.63) is 34.9 Å². The minimum Gasteiger partial charge on any atom is -0.444 e. The summed E-state index contributed by atoms with van der Waals surface area (Å²) in [4.78, 5) is 14.0. The summed E-state index contributed by atoms with van der Waals surface area (Å²) in [6.07, 6.45) is -1.46. The van der Waals surface area contributed by atoms with Gasteiger partial charge in [0.1, 0.15) is 23.5 Å². The van der Waals surface area contributed by atoms with Gasteiger partial charge >= 0.3 is 6.09 Å². The van der Waals surface area contributed by atoms with E-state index in [1.54, 1.807) is 58.9 Å². The Morgan fingerprint density at radius 1 is 1.40 bits per heavy atom. The van der Waals surface area contributed by atoms with Crippen LogP contribution in [-0.2, 0) is 9.47 Å².